The Morgan fingerprint density at radius 3 is 2.24 bits per heavy atom. The summed E-state index contributed by atoms with van der Waals surface area (Å²) in [5.74, 6) is -1.40. The van der Waals surface area contributed by atoms with Crippen molar-refractivity contribution in [1.29, 1.82) is 0 Å². The molecule has 11 heteroatoms. The van der Waals surface area contributed by atoms with Crippen LogP contribution >= 0.6 is 11.6 Å². The van der Waals surface area contributed by atoms with Crippen molar-refractivity contribution < 1.29 is 21.2 Å². The molecule has 0 unspecified atom stereocenters. The summed E-state index contributed by atoms with van der Waals surface area (Å²) in [5, 5.41) is -0.00158. The van der Waals surface area contributed by atoms with E-state index in [0.717, 1.165) is 6.07 Å². The van der Waals surface area contributed by atoms with Crippen LogP contribution in [0.15, 0.2) is 71.9 Å². The fraction of sp³-hybridized carbons (Fsp3) is 0.0556. The van der Waals surface area contributed by atoms with E-state index < -0.39 is 31.6 Å². The standard InChI is InChI=1S/C18H15ClFN3O4S2/c19-17-4-1-5-18(20)16(17)12-28(24,25)22-13-6-8-15(9-7-13)29(26,27)23-14-3-2-10-21-11-14/h1-11,22-23H,12H2. The molecule has 3 rings (SSSR count). The van der Waals surface area contributed by atoms with Crippen LogP contribution in [-0.2, 0) is 25.8 Å². The van der Waals surface area contributed by atoms with Crippen LogP contribution in [0.4, 0.5) is 15.8 Å². The molecular formula is C18H15ClFN3O4S2. The summed E-state index contributed by atoms with van der Waals surface area (Å²) in [6.07, 6.45) is 2.86. The van der Waals surface area contributed by atoms with Gasteiger partial charge in [-0.2, -0.15) is 0 Å². The summed E-state index contributed by atoms with van der Waals surface area (Å²) in [6.45, 7) is 0. The third-order valence-corrected chi connectivity index (χ3v) is 6.71. The van der Waals surface area contributed by atoms with Gasteiger partial charge in [0, 0.05) is 22.5 Å². The predicted octanol–water partition coefficient (Wildman–Crippen LogP) is 3.62. The quantitative estimate of drug-likeness (QED) is 0.566. The molecule has 152 valence electrons. The molecule has 0 bridgehead atoms. The average molecular weight is 456 g/mol. The topological polar surface area (TPSA) is 105 Å². The third kappa shape index (κ3) is 5.43. The number of nitrogens with zero attached hydrogens (tertiary/aromatic N) is 1. The van der Waals surface area contributed by atoms with E-state index in [1.165, 1.54) is 48.8 Å². The van der Waals surface area contributed by atoms with Crippen molar-refractivity contribution in [2.75, 3.05) is 9.44 Å². The molecule has 0 saturated carbocycles. The molecule has 0 amide bonds. The van der Waals surface area contributed by atoms with E-state index in [0.29, 0.717) is 5.69 Å². The molecule has 0 aliphatic heterocycles. The maximum atomic E-state index is 13.8. The Morgan fingerprint density at radius 1 is 0.897 bits per heavy atom. The molecule has 1 heterocycles. The molecular weight excluding hydrogens is 441 g/mol. The number of sulfonamides is 2. The highest BCUT2D eigenvalue weighted by molar-refractivity contribution is 7.92. The SMILES string of the molecule is O=S(=O)(Cc1c(F)cccc1Cl)Nc1ccc(S(=O)(=O)Nc2cccnc2)cc1. The molecule has 0 atom stereocenters. The number of hydrogen-bond acceptors (Lipinski definition) is 5. The normalized spacial score (nSPS) is 11.8. The minimum atomic E-state index is -3.98. The number of benzene rings is 2. The molecule has 0 spiro atoms. The maximum absolute atomic E-state index is 13.8. The Bertz CT molecular complexity index is 1200. The number of aromatic nitrogens is 1. The number of hydrogen-bond donors (Lipinski definition) is 2. The molecule has 3 aromatic rings. The van der Waals surface area contributed by atoms with Crippen LogP contribution in [-0.4, -0.2) is 21.8 Å². The minimum Gasteiger partial charge on any atom is -0.283 e. The zero-order chi connectivity index (χ0) is 21.1. The van der Waals surface area contributed by atoms with Gasteiger partial charge < -0.3 is 0 Å². The number of halogens is 2. The lowest BCUT2D eigenvalue weighted by atomic mass is 10.2. The van der Waals surface area contributed by atoms with Crippen LogP contribution in [0.3, 0.4) is 0 Å². The summed E-state index contributed by atoms with van der Waals surface area (Å²) in [6, 6.07) is 12.1. The van der Waals surface area contributed by atoms with Gasteiger partial charge in [-0.25, -0.2) is 21.2 Å². The largest absolute Gasteiger partial charge is 0.283 e. The van der Waals surface area contributed by atoms with Crippen LogP contribution in [0, 0.1) is 5.82 Å². The van der Waals surface area contributed by atoms with E-state index in [2.05, 4.69) is 14.4 Å². The van der Waals surface area contributed by atoms with Gasteiger partial charge in [0.2, 0.25) is 10.0 Å². The summed E-state index contributed by atoms with van der Waals surface area (Å²) < 4.78 is 67.9. The van der Waals surface area contributed by atoms with Gasteiger partial charge in [-0.1, -0.05) is 17.7 Å². The molecule has 1 aromatic heterocycles. The Kier molecular flexibility index (Phi) is 6.06. The lowest BCUT2D eigenvalue weighted by Crippen LogP contribution is -2.16. The zero-order valence-corrected chi connectivity index (χ0v) is 17.1. The molecule has 0 aliphatic carbocycles. The molecule has 0 fully saturated rings. The van der Waals surface area contributed by atoms with Crippen molar-refractivity contribution in [3.63, 3.8) is 0 Å². The van der Waals surface area contributed by atoms with Crippen molar-refractivity contribution in [1.82, 2.24) is 4.98 Å². The number of anilines is 2. The fourth-order valence-corrected chi connectivity index (χ4v) is 5.01. The second kappa shape index (κ2) is 8.36. The molecule has 2 aromatic carbocycles. The van der Waals surface area contributed by atoms with Crippen molar-refractivity contribution in [2.45, 2.75) is 10.6 Å². The predicted molar refractivity (Wildman–Crippen MR) is 109 cm³/mol. The average Bonchev–Trinajstić information content (AvgIpc) is 2.65. The fourth-order valence-electron chi connectivity index (χ4n) is 2.42. The van der Waals surface area contributed by atoms with Crippen molar-refractivity contribution in [2.24, 2.45) is 0 Å². The van der Waals surface area contributed by atoms with Crippen LogP contribution < -0.4 is 9.44 Å². The highest BCUT2D eigenvalue weighted by atomic mass is 35.5. The number of nitrogens with one attached hydrogen (secondary N) is 2. The van der Waals surface area contributed by atoms with Gasteiger partial charge in [0.05, 0.1) is 22.5 Å². The summed E-state index contributed by atoms with van der Waals surface area (Å²) >= 11 is 5.87. The van der Waals surface area contributed by atoms with Gasteiger partial charge in [0.15, 0.2) is 0 Å². The van der Waals surface area contributed by atoms with Gasteiger partial charge in [0.1, 0.15) is 5.82 Å². The van der Waals surface area contributed by atoms with E-state index in [-0.39, 0.29) is 21.2 Å². The Hall–Kier alpha value is -2.69. The lowest BCUT2D eigenvalue weighted by Gasteiger charge is -2.11. The lowest BCUT2D eigenvalue weighted by molar-refractivity contribution is 0.591. The first-order chi connectivity index (χ1) is 13.7. The first-order valence-electron chi connectivity index (χ1n) is 8.13. The van der Waals surface area contributed by atoms with Crippen molar-refractivity contribution in [3.05, 3.63) is 83.4 Å². The molecule has 29 heavy (non-hydrogen) atoms. The molecule has 2 N–H and O–H groups in total. The van der Waals surface area contributed by atoms with E-state index >= 15 is 0 Å². The highest BCUT2D eigenvalue weighted by Gasteiger charge is 2.19. The molecule has 0 radical (unpaired) electrons. The van der Waals surface area contributed by atoms with E-state index in [1.807, 2.05) is 0 Å². The van der Waals surface area contributed by atoms with Crippen LogP contribution in [0.25, 0.3) is 0 Å². The van der Waals surface area contributed by atoms with Crippen molar-refractivity contribution >= 4 is 43.0 Å². The Balaban J connectivity index is 1.74. The second-order valence-electron chi connectivity index (χ2n) is 5.93. The smallest absolute Gasteiger partial charge is 0.261 e. The van der Waals surface area contributed by atoms with Gasteiger partial charge in [0.25, 0.3) is 10.0 Å². The maximum Gasteiger partial charge on any atom is 0.261 e. The summed E-state index contributed by atoms with van der Waals surface area (Å²) in [4.78, 5) is 3.76. The molecule has 7 nitrogen and oxygen atoms in total. The highest BCUT2D eigenvalue weighted by Crippen LogP contribution is 2.23. The van der Waals surface area contributed by atoms with E-state index in [1.54, 1.807) is 12.1 Å². The zero-order valence-electron chi connectivity index (χ0n) is 14.7. The molecule has 0 aliphatic rings. The second-order valence-corrected chi connectivity index (χ2v) is 9.74. The van der Waals surface area contributed by atoms with Crippen molar-refractivity contribution in [3.8, 4) is 0 Å². The third-order valence-electron chi connectivity index (χ3n) is 3.75. The first-order valence-corrected chi connectivity index (χ1v) is 11.6. The summed E-state index contributed by atoms with van der Waals surface area (Å²) in [5.41, 5.74) is 0.262. The van der Waals surface area contributed by atoms with E-state index in [9.17, 15) is 21.2 Å². The van der Waals surface area contributed by atoms with Crippen LogP contribution in [0.1, 0.15) is 5.56 Å². The van der Waals surface area contributed by atoms with Gasteiger partial charge in [-0.05, 0) is 48.5 Å². The van der Waals surface area contributed by atoms with Gasteiger partial charge in [-0.3, -0.25) is 14.4 Å². The Morgan fingerprint density at radius 2 is 1.62 bits per heavy atom. The van der Waals surface area contributed by atoms with Crippen LogP contribution in [0.2, 0.25) is 5.02 Å². The number of rotatable bonds is 7. The Labute approximate surface area is 172 Å². The minimum absolute atomic E-state index is 0.00158. The van der Waals surface area contributed by atoms with E-state index in [4.69, 9.17) is 11.6 Å². The monoisotopic (exact) mass is 455 g/mol. The van der Waals surface area contributed by atoms with Gasteiger partial charge >= 0.3 is 0 Å². The first kappa shape index (κ1) is 21.0. The summed E-state index contributed by atoms with van der Waals surface area (Å²) in [7, 11) is -7.85. The van der Waals surface area contributed by atoms with Gasteiger partial charge in [-0.15, -0.1) is 0 Å². The van der Waals surface area contributed by atoms with Crippen LogP contribution in [0.5, 0.6) is 0 Å². The number of pyridine rings is 1. The molecule has 0 saturated heterocycles.